The molecule has 3 aromatic heterocycles. The number of hydrogen-bond acceptors (Lipinski definition) is 7. The molecule has 31 heavy (non-hydrogen) atoms. The molecule has 0 atom stereocenters. The maximum atomic E-state index is 12.5. The summed E-state index contributed by atoms with van der Waals surface area (Å²) in [6.45, 7) is 5.33. The number of aromatic nitrogens is 3. The van der Waals surface area contributed by atoms with Crippen molar-refractivity contribution in [2.45, 2.75) is 19.4 Å². The second-order valence-corrected chi connectivity index (χ2v) is 8.31. The lowest BCUT2D eigenvalue weighted by atomic mass is 10.0. The van der Waals surface area contributed by atoms with Gasteiger partial charge in [0.05, 0.1) is 11.2 Å². The average Bonchev–Trinajstić information content (AvgIpc) is 3.24. The van der Waals surface area contributed by atoms with Gasteiger partial charge in [-0.15, -0.1) is 0 Å². The Morgan fingerprint density at radius 3 is 2.90 bits per heavy atom. The van der Waals surface area contributed by atoms with Gasteiger partial charge in [0, 0.05) is 56.4 Å². The predicted molar refractivity (Wildman–Crippen MR) is 121 cm³/mol. The molecule has 0 spiro atoms. The van der Waals surface area contributed by atoms with E-state index in [0.717, 1.165) is 79.8 Å². The Bertz CT molecular complexity index is 1290. The van der Waals surface area contributed by atoms with Crippen LogP contribution in [0.1, 0.15) is 17.5 Å². The van der Waals surface area contributed by atoms with Crippen molar-refractivity contribution in [2.75, 3.05) is 42.9 Å². The number of oxazole rings is 1. The van der Waals surface area contributed by atoms with Crippen molar-refractivity contribution < 1.29 is 4.42 Å². The number of nitrogens with zero attached hydrogens (tertiary/aromatic N) is 4. The molecule has 1 saturated heterocycles. The third-order valence-electron chi connectivity index (χ3n) is 6.29. The lowest BCUT2D eigenvalue weighted by Crippen LogP contribution is -2.46. The lowest BCUT2D eigenvalue weighted by Gasteiger charge is -2.33. The maximum Gasteiger partial charge on any atom is 0.299 e. The number of H-pyrrole nitrogens is 1. The van der Waals surface area contributed by atoms with Gasteiger partial charge in [-0.1, -0.05) is 12.1 Å². The van der Waals surface area contributed by atoms with E-state index in [-0.39, 0.29) is 5.56 Å². The molecule has 2 aliphatic heterocycles. The largest absolute Gasteiger partial charge is 0.404 e. The van der Waals surface area contributed by atoms with Crippen LogP contribution in [0.25, 0.3) is 22.1 Å². The Hall–Kier alpha value is -3.39. The van der Waals surface area contributed by atoms with E-state index in [4.69, 9.17) is 4.42 Å². The standard InChI is InChI=1S/C23H24N6O2/c30-21-17-3-1-7-24-20(17)16-6-5-15(13-19(16)26-21)14-28-9-11-29(12-10-28)23-27-18-4-2-8-25-22(18)31-23/h2,4-6,8,13,24H,1,3,7,9-12,14H2,(H,26,30). The molecule has 4 aromatic rings. The van der Waals surface area contributed by atoms with Crippen molar-refractivity contribution in [3.63, 3.8) is 0 Å². The van der Waals surface area contributed by atoms with E-state index in [0.29, 0.717) is 11.7 Å². The van der Waals surface area contributed by atoms with Gasteiger partial charge < -0.3 is 19.6 Å². The molecule has 2 N–H and O–H groups in total. The minimum Gasteiger partial charge on any atom is -0.404 e. The zero-order chi connectivity index (χ0) is 20.8. The van der Waals surface area contributed by atoms with Crippen molar-refractivity contribution in [1.29, 1.82) is 0 Å². The number of nitrogens with one attached hydrogen (secondary N) is 2. The Kier molecular flexibility index (Phi) is 4.38. The molecule has 0 bridgehead atoms. The first-order valence-electron chi connectivity index (χ1n) is 10.9. The molecular formula is C23H24N6O2. The minimum absolute atomic E-state index is 0.0355. The quantitative estimate of drug-likeness (QED) is 0.531. The molecule has 1 fully saturated rings. The van der Waals surface area contributed by atoms with Gasteiger partial charge in [-0.2, -0.15) is 4.98 Å². The van der Waals surface area contributed by atoms with Crippen LogP contribution in [0.2, 0.25) is 0 Å². The Morgan fingerprint density at radius 2 is 2.03 bits per heavy atom. The number of rotatable bonds is 3. The summed E-state index contributed by atoms with van der Waals surface area (Å²) in [4.78, 5) is 29.0. The number of aromatic amines is 1. The summed E-state index contributed by atoms with van der Waals surface area (Å²) >= 11 is 0. The summed E-state index contributed by atoms with van der Waals surface area (Å²) in [6, 6.07) is 10.9. The second kappa shape index (κ2) is 7.39. The molecule has 0 aliphatic carbocycles. The maximum absolute atomic E-state index is 12.5. The zero-order valence-corrected chi connectivity index (χ0v) is 17.2. The fourth-order valence-corrected chi connectivity index (χ4v) is 4.65. The van der Waals surface area contributed by atoms with Crippen molar-refractivity contribution in [1.82, 2.24) is 19.9 Å². The van der Waals surface area contributed by atoms with Crippen molar-refractivity contribution in [3.8, 4) is 0 Å². The molecule has 0 saturated carbocycles. The van der Waals surface area contributed by atoms with Gasteiger partial charge in [-0.3, -0.25) is 9.69 Å². The van der Waals surface area contributed by atoms with Gasteiger partial charge in [-0.05, 0) is 36.6 Å². The summed E-state index contributed by atoms with van der Waals surface area (Å²) in [6.07, 6.45) is 3.57. The summed E-state index contributed by atoms with van der Waals surface area (Å²) in [5.41, 5.74) is 5.43. The van der Waals surface area contributed by atoms with Crippen LogP contribution in [-0.2, 0) is 13.0 Å². The van der Waals surface area contributed by atoms with Gasteiger partial charge in [-0.25, -0.2) is 4.98 Å². The lowest BCUT2D eigenvalue weighted by molar-refractivity contribution is 0.245. The van der Waals surface area contributed by atoms with E-state index >= 15 is 0 Å². The normalized spacial score (nSPS) is 17.1. The zero-order valence-electron chi connectivity index (χ0n) is 17.2. The van der Waals surface area contributed by atoms with Crippen LogP contribution in [0.15, 0.2) is 45.7 Å². The first kappa shape index (κ1) is 18.4. The molecule has 0 amide bonds. The van der Waals surface area contributed by atoms with Gasteiger partial charge >= 0.3 is 0 Å². The number of piperazine rings is 1. The summed E-state index contributed by atoms with van der Waals surface area (Å²) < 4.78 is 5.81. The highest BCUT2D eigenvalue weighted by atomic mass is 16.4. The van der Waals surface area contributed by atoms with Crippen LogP contribution in [0.3, 0.4) is 0 Å². The molecule has 5 heterocycles. The fraction of sp³-hybridized carbons (Fsp3) is 0.348. The molecule has 0 unspecified atom stereocenters. The number of hydrogen-bond donors (Lipinski definition) is 2. The van der Waals surface area contributed by atoms with Crippen LogP contribution in [0, 0.1) is 0 Å². The molecule has 0 radical (unpaired) electrons. The van der Waals surface area contributed by atoms with E-state index in [1.807, 2.05) is 12.1 Å². The number of benzene rings is 1. The summed E-state index contributed by atoms with van der Waals surface area (Å²) in [5, 5.41) is 4.53. The predicted octanol–water partition coefficient (Wildman–Crippen LogP) is 2.74. The van der Waals surface area contributed by atoms with E-state index in [2.05, 4.69) is 48.3 Å². The topological polar surface area (TPSA) is 90.3 Å². The molecule has 8 nitrogen and oxygen atoms in total. The van der Waals surface area contributed by atoms with Crippen LogP contribution >= 0.6 is 0 Å². The Balaban J connectivity index is 1.17. The molecule has 1 aromatic carbocycles. The van der Waals surface area contributed by atoms with E-state index in [9.17, 15) is 4.79 Å². The fourth-order valence-electron chi connectivity index (χ4n) is 4.65. The Morgan fingerprint density at radius 1 is 1.13 bits per heavy atom. The van der Waals surface area contributed by atoms with Crippen molar-refractivity contribution >= 4 is 33.8 Å². The second-order valence-electron chi connectivity index (χ2n) is 8.31. The molecular weight excluding hydrogens is 392 g/mol. The number of pyridine rings is 2. The summed E-state index contributed by atoms with van der Waals surface area (Å²) in [7, 11) is 0. The SMILES string of the molecule is O=c1[nH]c2cc(CN3CCN(c4nc5cccnc5o4)CC3)ccc2c2c1CCCN2. The van der Waals surface area contributed by atoms with Crippen molar-refractivity contribution in [3.05, 3.63) is 58.0 Å². The van der Waals surface area contributed by atoms with E-state index in [1.165, 1.54) is 5.56 Å². The number of anilines is 2. The smallest absolute Gasteiger partial charge is 0.299 e. The third kappa shape index (κ3) is 3.33. The molecule has 6 rings (SSSR count). The van der Waals surface area contributed by atoms with Crippen molar-refractivity contribution in [2.24, 2.45) is 0 Å². The van der Waals surface area contributed by atoms with E-state index in [1.54, 1.807) is 6.20 Å². The van der Waals surface area contributed by atoms with Crippen LogP contribution in [0.4, 0.5) is 11.7 Å². The van der Waals surface area contributed by atoms with Crippen LogP contribution in [-0.4, -0.2) is 52.6 Å². The van der Waals surface area contributed by atoms with Gasteiger partial charge in [0.2, 0.25) is 5.71 Å². The van der Waals surface area contributed by atoms with Crippen LogP contribution in [0.5, 0.6) is 0 Å². The van der Waals surface area contributed by atoms with Gasteiger partial charge in [0.25, 0.3) is 11.6 Å². The monoisotopic (exact) mass is 416 g/mol. The highest BCUT2D eigenvalue weighted by Gasteiger charge is 2.22. The highest BCUT2D eigenvalue weighted by molar-refractivity contribution is 5.93. The van der Waals surface area contributed by atoms with Crippen LogP contribution < -0.4 is 15.8 Å². The average molecular weight is 416 g/mol. The first-order chi connectivity index (χ1) is 15.2. The number of fused-ring (bicyclic) bond motifs is 4. The van der Waals surface area contributed by atoms with Gasteiger partial charge in [0.1, 0.15) is 5.52 Å². The Labute approximate surface area is 178 Å². The minimum atomic E-state index is 0.0355. The van der Waals surface area contributed by atoms with Gasteiger partial charge in [0.15, 0.2) is 0 Å². The van der Waals surface area contributed by atoms with E-state index < -0.39 is 0 Å². The molecule has 158 valence electrons. The summed E-state index contributed by atoms with van der Waals surface area (Å²) in [5.74, 6) is 0. The first-order valence-corrected chi connectivity index (χ1v) is 10.9. The molecule has 2 aliphatic rings. The third-order valence-corrected chi connectivity index (χ3v) is 6.29. The highest BCUT2D eigenvalue weighted by Crippen LogP contribution is 2.28. The molecule has 8 heteroatoms.